The van der Waals surface area contributed by atoms with E-state index in [-0.39, 0.29) is 0 Å². The second kappa shape index (κ2) is 14.0. The summed E-state index contributed by atoms with van der Waals surface area (Å²) < 4.78 is 2.53. The zero-order valence-electron chi connectivity index (χ0n) is 32.3. The van der Waals surface area contributed by atoms with Crippen molar-refractivity contribution in [2.24, 2.45) is 0 Å². The van der Waals surface area contributed by atoms with Gasteiger partial charge in [0.05, 0.1) is 0 Å². The summed E-state index contributed by atoms with van der Waals surface area (Å²) in [6.45, 7) is 0. The first-order valence-corrected chi connectivity index (χ1v) is 21.0. The van der Waals surface area contributed by atoms with E-state index in [1.807, 2.05) is 47.7 Å². The number of hydrogen-bond donors (Lipinski definition) is 0. The minimum absolute atomic E-state index is 0.630. The molecule has 0 N–H and O–H groups in total. The second-order valence-corrected chi connectivity index (χ2v) is 16.3. The second-order valence-electron chi connectivity index (χ2n) is 15.2. The van der Waals surface area contributed by atoms with Crippen LogP contribution in [0.4, 0.5) is 17.1 Å². The van der Waals surface area contributed by atoms with E-state index in [9.17, 15) is 0 Å². The molecule has 0 spiro atoms. The number of nitrogens with zero attached hydrogens (tertiary/aromatic N) is 4. The summed E-state index contributed by atoms with van der Waals surface area (Å²) in [5, 5.41) is 5.01. The van der Waals surface area contributed by atoms with Crippen molar-refractivity contribution in [1.82, 2.24) is 15.0 Å². The van der Waals surface area contributed by atoms with Crippen molar-refractivity contribution < 1.29 is 0 Å². The van der Waals surface area contributed by atoms with Gasteiger partial charge in [-0.15, -0.1) is 11.3 Å². The molecule has 0 aliphatic heterocycles. The van der Waals surface area contributed by atoms with Crippen LogP contribution in [0.3, 0.4) is 0 Å². The Morgan fingerprint density at radius 2 is 0.883 bits per heavy atom. The fraction of sp³-hybridized carbons (Fsp3) is 0. The smallest absolute Gasteiger partial charge is 0.164 e. The highest BCUT2D eigenvalue weighted by Crippen LogP contribution is 2.54. The molecule has 0 atom stereocenters. The fourth-order valence-corrected chi connectivity index (χ4v) is 10.0. The maximum Gasteiger partial charge on any atom is 0.164 e. The van der Waals surface area contributed by atoms with Gasteiger partial charge in [0, 0.05) is 59.5 Å². The summed E-state index contributed by atoms with van der Waals surface area (Å²) >= 11 is 1.84. The van der Waals surface area contributed by atoms with Gasteiger partial charge in [-0.05, 0) is 81.1 Å². The Morgan fingerprint density at radius 3 is 1.58 bits per heavy atom. The van der Waals surface area contributed by atoms with Gasteiger partial charge in [0.15, 0.2) is 17.5 Å². The fourth-order valence-electron chi connectivity index (χ4n) is 8.87. The molecule has 0 bridgehead atoms. The molecule has 0 unspecified atom stereocenters. The summed E-state index contributed by atoms with van der Waals surface area (Å²) in [6, 6.07) is 73.4. The third-order valence-corrected chi connectivity index (χ3v) is 12.8. The first kappa shape index (κ1) is 34.3. The molecule has 2 aromatic heterocycles. The summed E-state index contributed by atoms with van der Waals surface area (Å²) in [4.78, 5) is 18.1. The predicted octanol–water partition coefficient (Wildman–Crippen LogP) is 15.2. The quantitative estimate of drug-likeness (QED) is 0.161. The molecule has 12 rings (SSSR count). The molecule has 11 aromatic rings. The van der Waals surface area contributed by atoms with E-state index in [1.54, 1.807) is 0 Å². The highest BCUT2D eigenvalue weighted by Gasteiger charge is 2.29. The lowest BCUT2D eigenvalue weighted by Gasteiger charge is -2.27. The molecule has 1 aliphatic rings. The molecule has 0 fully saturated rings. The third kappa shape index (κ3) is 5.70. The maximum atomic E-state index is 5.32. The summed E-state index contributed by atoms with van der Waals surface area (Å²) in [6.07, 6.45) is 0. The summed E-state index contributed by atoms with van der Waals surface area (Å²) in [5.41, 5.74) is 13.0. The number of fused-ring (bicyclic) bond motifs is 6. The molecule has 4 nitrogen and oxygen atoms in total. The number of benzene rings is 9. The van der Waals surface area contributed by atoms with Crippen LogP contribution in [0.2, 0.25) is 0 Å². The largest absolute Gasteiger partial charge is 0.310 e. The first-order valence-electron chi connectivity index (χ1n) is 20.2. The van der Waals surface area contributed by atoms with E-state index >= 15 is 0 Å². The van der Waals surface area contributed by atoms with Gasteiger partial charge in [0.25, 0.3) is 0 Å². The van der Waals surface area contributed by atoms with Gasteiger partial charge in [0.2, 0.25) is 0 Å². The predicted molar refractivity (Wildman–Crippen MR) is 251 cm³/mol. The number of thiophene rings is 1. The number of aromatic nitrogens is 3. The Balaban J connectivity index is 1.14. The molecule has 60 heavy (non-hydrogen) atoms. The van der Waals surface area contributed by atoms with Gasteiger partial charge < -0.3 is 4.90 Å². The van der Waals surface area contributed by atoms with E-state index in [4.69, 9.17) is 15.0 Å². The minimum Gasteiger partial charge on any atom is -0.310 e. The Kier molecular flexibility index (Phi) is 8.00. The topological polar surface area (TPSA) is 41.9 Å². The van der Waals surface area contributed by atoms with E-state index in [1.165, 1.54) is 53.2 Å². The molecule has 280 valence electrons. The minimum atomic E-state index is 0.630. The van der Waals surface area contributed by atoms with Gasteiger partial charge in [-0.1, -0.05) is 164 Å². The highest BCUT2D eigenvalue weighted by atomic mass is 32.1. The average Bonchev–Trinajstić information content (AvgIpc) is 3.86. The molecular formula is C55H34N4S. The van der Waals surface area contributed by atoms with Gasteiger partial charge in [-0.2, -0.15) is 0 Å². The van der Waals surface area contributed by atoms with Crippen molar-refractivity contribution in [3.05, 3.63) is 206 Å². The van der Waals surface area contributed by atoms with Crippen LogP contribution in [-0.4, -0.2) is 15.0 Å². The van der Waals surface area contributed by atoms with Crippen LogP contribution in [-0.2, 0) is 0 Å². The van der Waals surface area contributed by atoms with Gasteiger partial charge >= 0.3 is 0 Å². The number of rotatable bonds is 7. The lowest BCUT2D eigenvalue weighted by molar-refractivity contribution is 1.07. The van der Waals surface area contributed by atoms with Crippen molar-refractivity contribution in [1.29, 1.82) is 0 Å². The molecule has 2 heterocycles. The average molecular weight is 783 g/mol. The number of hydrogen-bond acceptors (Lipinski definition) is 5. The van der Waals surface area contributed by atoms with E-state index < -0.39 is 0 Å². The van der Waals surface area contributed by atoms with Gasteiger partial charge in [0.1, 0.15) is 0 Å². The monoisotopic (exact) mass is 782 g/mol. The lowest BCUT2D eigenvalue weighted by Crippen LogP contribution is -2.11. The van der Waals surface area contributed by atoms with E-state index in [2.05, 4.69) is 175 Å². The highest BCUT2D eigenvalue weighted by molar-refractivity contribution is 7.25. The van der Waals surface area contributed by atoms with Crippen LogP contribution in [0.5, 0.6) is 0 Å². The third-order valence-electron chi connectivity index (χ3n) is 11.6. The van der Waals surface area contributed by atoms with E-state index in [0.717, 1.165) is 44.9 Å². The molecule has 0 amide bonds. The molecule has 5 heteroatoms. The number of anilines is 3. The van der Waals surface area contributed by atoms with Crippen molar-refractivity contribution >= 4 is 59.3 Å². The van der Waals surface area contributed by atoms with Crippen LogP contribution in [0, 0.1) is 0 Å². The van der Waals surface area contributed by atoms with Crippen molar-refractivity contribution in [3.63, 3.8) is 0 Å². The van der Waals surface area contributed by atoms with Crippen molar-refractivity contribution in [3.8, 4) is 67.5 Å². The zero-order chi connectivity index (χ0) is 39.6. The lowest BCUT2D eigenvalue weighted by atomic mass is 9.95. The van der Waals surface area contributed by atoms with Crippen LogP contribution in [0.1, 0.15) is 0 Å². The maximum absolute atomic E-state index is 5.32. The van der Waals surface area contributed by atoms with Crippen LogP contribution in [0.25, 0.3) is 98.5 Å². The van der Waals surface area contributed by atoms with E-state index in [0.29, 0.717) is 17.5 Å². The Bertz CT molecular complexity index is 3350. The van der Waals surface area contributed by atoms with Gasteiger partial charge in [-0.25, -0.2) is 15.0 Å². The van der Waals surface area contributed by atoms with Crippen molar-refractivity contribution in [2.45, 2.75) is 0 Å². The van der Waals surface area contributed by atoms with Gasteiger partial charge in [-0.3, -0.25) is 0 Å². The summed E-state index contributed by atoms with van der Waals surface area (Å²) in [7, 11) is 0. The Morgan fingerprint density at radius 1 is 0.333 bits per heavy atom. The SMILES string of the molecule is c1ccc(-c2ccc(N(c3cc(-c4nc(-c5ccccc5)nc(-c5ccccc5)n4)c4c(c3)-c3cccc5cccc-4c35)c3ccc4c(c3)sc3ccccc34)cc2)cc1. The standard InChI is InChI=1S/C55H34N4S/c1-4-14-35(15-5-1)36-26-28-40(29-27-36)59(41-30-31-44-43-22-10-11-25-49(43)60-50(44)34-41)42-32-47-45-23-12-20-37-21-13-24-46(51(37)45)52(47)48(33-42)55-57-53(38-16-6-2-7-17-38)56-54(58-55)39-18-8-3-9-19-39/h1-34H. The molecule has 0 saturated heterocycles. The normalized spacial score (nSPS) is 11.7. The zero-order valence-corrected chi connectivity index (χ0v) is 33.1. The van der Waals surface area contributed by atoms with Crippen LogP contribution < -0.4 is 4.90 Å². The molecule has 0 saturated carbocycles. The van der Waals surface area contributed by atoms with Crippen molar-refractivity contribution in [2.75, 3.05) is 4.90 Å². The molecule has 9 aromatic carbocycles. The van der Waals surface area contributed by atoms with Crippen LogP contribution >= 0.6 is 11.3 Å². The van der Waals surface area contributed by atoms with Crippen LogP contribution in [0.15, 0.2) is 206 Å². The Labute approximate surface area is 351 Å². The Hall–Kier alpha value is -7.73. The molecule has 1 aliphatic carbocycles. The molecular weight excluding hydrogens is 749 g/mol. The summed E-state index contributed by atoms with van der Waals surface area (Å²) in [5.74, 6) is 1.90. The first-order chi connectivity index (χ1) is 29.7. The molecule has 0 radical (unpaired) electrons.